The number of rotatable bonds is 7. The summed E-state index contributed by atoms with van der Waals surface area (Å²) in [6.45, 7) is 6.30. The van der Waals surface area contributed by atoms with Crippen LogP contribution in [-0.4, -0.2) is 0 Å². The summed E-state index contributed by atoms with van der Waals surface area (Å²) >= 11 is 0. The Morgan fingerprint density at radius 2 is 1.28 bits per heavy atom. The summed E-state index contributed by atoms with van der Waals surface area (Å²) < 4.78 is 0. The van der Waals surface area contributed by atoms with Crippen molar-refractivity contribution in [2.45, 2.75) is 69.1 Å². The first-order valence-electron chi connectivity index (χ1n) is 24.6. The Morgan fingerprint density at radius 3 is 2.03 bits per heavy atom. The van der Waals surface area contributed by atoms with Crippen LogP contribution in [0.1, 0.15) is 91.7 Å². The van der Waals surface area contributed by atoms with Crippen molar-refractivity contribution in [3.05, 3.63) is 286 Å². The molecule has 5 aliphatic rings. The van der Waals surface area contributed by atoms with Gasteiger partial charge in [0.1, 0.15) is 0 Å². The lowest BCUT2D eigenvalue weighted by molar-refractivity contribution is 0.544. The molecule has 1 saturated carbocycles. The van der Waals surface area contributed by atoms with Crippen molar-refractivity contribution in [3.63, 3.8) is 0 Å². The molecule has 0 heterocycles. The van der Waals surface area contributed by atoms with Gasteiger partial charge in [-0.05, 0) is 140 Å². The quantitative estimate of drug-likeness (QED) is 0.144. The van der Waals surface area contributed by atoms with Crippen molar-refractivity contribution in [2.75, 3.05) is 4.90 Å². The third-order valence-corrected chi connectivity index (χ3v) is 15.2. The van der Waals surface area contributed by atoms with E-state index in [1.165, 1.54) is 97.6 Å². The highest BCUT2D eigenvalue weighted by atomic mass is 15.2. The Bertz CT molecular complexity index is 3170. The van der Waals surface area contributed by atoms with Crippen LogP contribution in [0.3, 0.4) is 0 Å². The number of hydrogen-bond acceptors (Lipinski definition) is 1. The summed E-state index contributed by atoms with van der Waals surface area (Å²) in [5.74, 6) is 0.239. The van der Waals surface area contributed by atoms with Gasteiger partial charge in [-0.1, -0.05) is 220 Å². The smallest absolute Gasteiger partial charge is 0.0714 e. The number of hydrogen-bond donors (Lipinski definition) is 0. The summed E-state index contributed by atoms with van der Waals surface area (Å²) in [7, 11) is 0. The van der Waals surface area contributed by atoms with Crippen LogP contribution in [0.4, 0.5) is 5.69 Å². The van der Waals surface area contributed by atoms with E-state index in [4.69, 9.17) is 0 Å². The zero-order valence-corrected chi connectivity index (χ0v) is 38.8. The van der Waals surface area contributed by atoms with Gasteiger partial charge in [-0.3, -0.25) is 0 Å². The van der Waals surface area contributed by atoms with Crippen LogP contribution in [0.15, 0.2) is 242 Å². The van der Waals surface area contributed by atoms with Crippen LogP contribution in [0.25, 0.3) is 28.3 Å². The Kier molecular flexibility index (Phi) is 11.5. The standard InChI is InChI=1S/C66H59N/c1-3-4-23-49-24-12-13-30-56(49)50-38-41-54(42-39-50)67(53-29-21-33-58-57-31-14-17-35-61(57)65(45-19-20-46-65)62(58)34-16-11-22-48(2)37-40-53)55-43-44-60-59-32-15-18-36-63(59)66(64(60)47-55,51-25-7-5-8-26-51)52-27-9-6-10-28-52/h3,5-18,22-32,34-38,40-44,47-48H,1,4,19-21,33,39,45-46H2,2H3/b22-11+,34-16-,40-37-,49-23-,53-29+,56-50-. The van der Waals surface area contributed by atoms with E-state index in [0.717, 1.165) is 31.4 Å². The van der Waals surface area contributed by atoms with Gasteiger partial charge in [0.25, 0.3) is 0 Å². The molecule has 328 valence electrons. The average molecular weight is 866 g/mol. The maximum atomic E-state index is 3.99. The lowest BCUT2D eigenvalue weighted by Gasteiger charge is -2.35. The fraction of sp³-hybridized carbons (Fsp3) is 0.182. The minimum Gasteiger partial charge on any atom is -0.311 e. The number of allylic oxidation sites excluding steroid dienone is 13. The van der Waals surface area contributed by atoms with Gasteiger partial charge in [0.15, 0.2) is 0 Å². The number of benzene rings is 6. The predicted octanol–water partition coefficient (Wildman–Crippen LogP) is 15.2. The van der Waals surface area contributed by atoms with Gasteiger partial charge in [0.05, 0.1) is 5.41 Å². The molecule has 0 N–H and O–H groups in total. The minimum absolute atomic E-state index is 0.124. The molecule has 1 atom stereocenters. The number of nitrogens with zero attached hydrogens (tertiary/aromatic N) is 1. The number of anilines is 1. The van der Waals surface area contributed by atoms with Gasteiger partial charge in [-0.15, -0.1) is 6.58 Å². The van der Waals surface area contributed by atoms with Crippen LogP contribution < -0.4 is 15.3 Å². The van der Waals surface area contributed by atoms with Gasteiger partial charge >= 0.3 is 0 Å². The highest BCUT2D eigenvalue weighted by Gasteiger charge is 2.47. The summed E-state index contributed by atoms with van der Waals surface area (Å²) in [4.78, 5) is 2.55. The zero-order chi connectivity index (χ0) is 45.2. The van der Waals surface area contributed by atoms with Crippen molar-refractivity contribution in [3.8, 4) is 11.1 Å². The molecule has 6 aromatic rings. The van der Waals surface area contributed by atoms with Crippen molar-refractivity contribution in [1.29, 1.82) is 0 Å². The molecular formula is C66H59N. The lowest BCUT2D eigenvalue weighted by atomic mass is 9.67. The first-order valence-corrected chi connectivity index (χ1v) is 24.6. The molecule has 1 unspecified atom stereocenters. The zero-order valence-electron chi connectivity index (χ0n) is 38.8. The first-order chi connectivity index (χ1) is 33.1. The average Bonchev–Trinajstić information content (AvgIpc) is 4.06. The number of fused-ring (bicyclic) bond motifs is 7. The Labute approximate surface area is 397 Å². The van der Waals surface area contributed by atoms with Crippen molar-refractivity contribution in [1.82, 2.24) is 0 Å². The highest BCUT2D eigenvalue weighted by Crippen LogP contribution is 2.58. The van der Waals surface area contributed by atoms with Crippen LogP contribution in [-0.2, 0) is 10.8 Å². The fourth-order valence-corrected chi connectivity index (χ4v) is 12.2. The molecule has 6 aromatic carbocycles. The molecule has 1 nitrogen and oxygen atoms in total. The van der Waals surface area contributed by atoms with Crippen LogP contribution in [0, 0.1) is 5.92 Å². The van der Waals surface area contributed by atoms with E-state index in [1.54, 1.807) is 11.1 Å². The third kappa shape index (κ3) is 7.42. The SMILES string of the molecule is C=CC/C=c1/cccc/c1=C1\C=CC(N(C2=C/CCC3=C(/C=C\C=C\C(C)/C=C\2)C2(CCCC2)c2ccccc23)c2ccc3c(c2)C(c2ccccc2)(c2ccccc2)c2ccccc2-3)=CC1. The van der Waals surface area contributed by atoms with Crippen LogP contribution in [0.2, 0.25) is 0 Å². The van der Waals surface area contributed by atoms with Gasteiger partial charge < -0.3 is 4.90 Å². The molecule has 0 aliphatic heterocycles. The molecule has 0 amide bonds. The second-order valence-electron chi connectivity index (χ2n) is 19.0. The van der Waals surface area contributed by atoms with Gasteiger partial charge in [0.2, 0.25) is 0 Å². The second-order valence-corrected chi connectivity index (χ2v) is 19.0. The Balaban J connectivity index is 1.10. The molecule has 0 aromatic heterocycles. The molecule has 0 saturated heterocycles. The summed E-state index contributed by atoms with van der Waals surface area (Å²) in [5.41, 5.74) is 18.3. The molecule has 1 heteroatoms. The van der Waals surface area contributed by atoms with E-state index in [2.05, 4.69) is 237 Å². The van der Waals surface area contributed by atoms with Gasteiger partial charge in [0, 0.05) is 22.5 Å². The minimum atomic E-state index is -0.504. The third-order valence-electron chi connectivity index (χ3n) is 15.2. The van der Waals surface area contributed by atoms with Crippen LogP contribution in [0.5, 0.6) is 0 Å². The molecule has 11 rings (SSSR count). The topological polar surface area (TPSA) is 3.24 Å². The van der Waals surface area contributed by atoms with E-state index in [0.29, 0.717) is 0 Å². The van der Waals surface area contributed by atoms with Crippen molar-refractivity contribution >= 4 is 22.9 Å². The van der Waals surface area contributed by atoms with E-state index in [1.807, 2.05) is 6.08 Å². The summed E-state index contributed by atoms with van der Waals surface area (Å²) in [6.07, 6.45) is 36.8. The van der Waals surface area contributed by atoms with E-state index < -0.39 is 5.41 Å². The van der Waals surface area contributed by atoms with Gasteiger partial charge in [-0.2, -0.15) is 0 Å². The molecule has 0 radical (unpaired) electrons. The second kappa shape index (κ2) is 18.2. The van der Waals surface area contributed by atoms with E-state index >= 15 is 0 Å². The maximum absolute atomic E-state index is 3.99. The molecule has 1 spiro atoms. The van der Waals surface area contributed by atoms with Gasteiger partial charge in [-0.25, -0.2) is 0 Å². The van der Waals surface area contributed by atoms with Crippen molar-refractivity contribution in [2.24, 2.45) is 5.92 Å². The highest BCUT2D eigenvalue weighted by molar-refractivity contribution is 5.89. The Morgan fingerprint density at radius 1 is 0.612 bits per heavy atom. The normalized spacial score (nSPS) is 22.2. The first kappa shape index (κ1) is 42.4. The molecule has 0 bridgehead atoms. The Hall–Kier alpha value is -7.22. The van der Waals surface area contributed by atoms with E-state index in [-0.39, 0.29) is 11.3 Å². The van der Waals surface area contributed by atoms with Crippen LogP contribution >= 0.6 is 0 Å². The lowest BCUT2D eigenvalue weighted by Crippen LogP contribution is -2.29. The molecule has 1 fully saturated rings. The van der Waals surface area contributed by atoms with Crippen molar-refractivity contribution < 1.29 is 0 Å². The summed E-state index contributed by atoms with van der Waals surface area (Å²) in [5, 5.41) is 2.54. The fourth-order valence-electron chi connectivity index (χ4n) is 12.2. The largest absolute Gasteiger partial charge is 0.311 e. The maximum Gasteiger partial charge on any atom is 0.0714 e. The van der Waals surface area contributed by atoms with E-state index in [9.17, 15) is 0 Å². The summed E-state index contributed by atoms with van der Waals surface area (Å²) in [6, 6.07) is 56.8. The predicted molar refractivity (Wildman–Crippen MR) is 284 cm³/mol. The molecular weight excluding hydrogens is 807 g/mol. The monoisotopic (exact) mass is 865 g/mol. The molecule has 67 heavy (non-hydrogen) atoms. The molecule has 5 aliphatic carbocycles.